The first-order chi connectivity index (χ1) is 14.5. The maximum atomic E-state index is 12.5. The molecule has 0 radical (unpaired) electrons. The lowest BCUT2D eigenvalue weighted by atomic mass is 9.56. The van der Waals surface area contributed by atoms with Crippen molar-refractivity contribution >= 4 is 11.8 Å². The molecule has 2 amide bonds. The number of carbonyl (C=O) groups excluding carboxylic acids is 2. The zero-order valence-corrected chi connectivity index (χ0v) is 17.8. The molecule has 6 heteroatoms. The van der Waals surface area contributed by atoms with Gasteiger partial charge in [0, 0.05) is 31.0 Å². The van der Waals surface area contributed by atoms with Gasteiger partial charge >= 0.3 is 0 Å². The zero-order valence-electron chi connectivity index (χ0n) is 17.8. The van der Waals surface area contributed by atoms with Crippen LogP contribution in [0.1, 0.15) is 56.6 Å². The van der Waals surface area contributed by atoms with Crippen LogP contribution < -0.4 is 10.6 Å². The number of likely N-dealkylation sites (tertiary alicyclic amines) is 1. The van der Waals surface area contributed by atoms with Crippen LogP contribution in [-0.4, -0.2) is 53.5 Å². The predicted molar refractivity (Wildman–Crippen MR) is 114 cm³/mol. The normalized spacial score (nSPS) is 33.1. The largest absolute Gasteiger partial charge is 0.508 e. The number of nitrogens with zero attached hydrogens (tertiary/aromatic N) is 1. The summed E-state index contributed by atoms with van der Waals surface area (Å²) in [7, 11) is 0. The average Bonchev–Trinajstić information content (AvgIpc) is 3.43. The number of fused-ring (bicyclic) bond motifs is 4. The third-order valence-electron chi connectivity index (χ3n) is 8.19. The van der Waals surface area contributed by atoms with E-state index in [1.807, 2.05) is 12.1 Å². The van der Waals surface area contributed by atoms with E-state index in [4.69, 9.17) is 0 Å². The van der Waals surface area contributed by atoms with Crippen LogP contribution in [0.25, 0.3) is 0 Å². The van der Waals surface area contributed by atoms with Crippen LogP contribution in [0.15, 0.2) is 18.2 Å². The Morgan fingerprint density at radius 1 is 1.33 bits per heavy atom. The van der Waals surface area contributed by atoms with Crippen LogP contribution >= 0.6 is 0 Å². The summed E-state index contributed by atoms with van der Waals surface area (Å²) in [6.07, 6.45) is 6.74. The lowest BCUT2D eigenvalue weighted by Gasteiger charge is -2.56. The highest BCUT2D eigenvalue weighted by atomic mass is 16.3. The van der Waals surface area contributed by atoms with Gasteiger partial charge in [-0.3, -0.25) is 14.5 Å². The van der Waals surface area contributed by atoms with Gasteiger partial charge in [-0.15, -0.1) is 0 Å². The fourth-order valence-electron chi connectivity index (χ4n) is 6.23. The molecule has 30 heavy (non-hydrogen) atoms. The highest BCUT2D eigenvalue weighted by molar-refractivity contribution is 5.90. The first-order valence-electron chi connectivity index (χ1n) is 11.6. The minimum atomic E-state index is -0.386. The number of hydrogen-bond donors (Lipinski definition) is 3. The fraction of sp³-hybridized carbons (Fsp3) is 0.667. The van der Waals surface area contributed by atoms with E-state index in [0.717, 1.165) is 31.7 Å². The number of phenolic OH excluding ortho intramolecular Hbond substituents is 1. The molecule has 1 saturated carbocycles. The average molecular weight is 412 g/mol. The molecule has 3 fully saturated rings. The van der Waals surface area contributed by atoms with Crippen molar-refractivity contribution in [1.82, 2.24) is 15.5 Å². The molecule has 0 spiro atoms. The Kier molecular flexibility index (Phi) is 5.00. The molecule has 162 valence electrons. The lowest BCUT2D eigenvalue weighted by Crippen LogP contribution is -2.60. The van der Waals surface area contributed by atoms with Gasteiger partial charge in [-0.25, -0.2) is 0 Å². The lowest BCUT2D eigenvalue weighted by molar-refractivity contribution is -0.125. The number of hydrogen-bond acceptors (Lipinski definition) is 4. The molecular formula is C24H33N3O3. The summed E-state index contributed by atoms with van der Waals surface area (Å²) < 4.78 is 0. The van der Waals surface area contributed by atoms with E-state index in [1.54, 1.807) is 0 Å². The Balaban J connectivity index is 1.35. The molecule has 0 aromatic heterocycles. The van der Waals surface area contributed by atoms with Crippen LogP contribution in [0.4, 0.5) is 0 Å². The molecular weight excluding hydrogens is 378 g/mol. The summed E-state index contributed by atoms with van der Waals surface area (Å²) in [5.74, 6) is 1.58. The van der Waals surface area contributed by atoms with Gasteiger partial charge in [0.15, 0.2) is 0 Å². The molecule has 4 aliphatic rings. The van der Waals surface area contributed by atoms with E-state index < -0.39 is 0 Å². The summed E-state index contributed by atoms with van der Waals surface area (Å²) in [4.78, 5) is 26.6. The van der Waals surface area contributed by atoms with Gasteiger partial charge in [0.2, 0.25) is 11.8 Å². The van der Waals surface area contributed by atoms with Crippen molar-refractivity contribution in [1.29, 1.82) is 0 Å². The summed E-state index contributed by atoms with van der Waals surface area (Å²) in [6.45, 7) is 5.28. The minimum absolute atomic E-state index is 0.0246. The molecule has 0 unspecified atom stereocenters. The molecule has 2 saturated heterocycles. The Morgan fingerprint density at radius 3 is 2.90 bits per heavy atom. The number of aromatic hydroxyl groups is 1. The summed E-state index contributed by atoms with van der Waals surface area (Å²) in [5.41, 5.74) is 2.61. The van der Waals surface area contributed by atoms with Crippen molar-refractivity contribution < 1.29 is 14.7 Å². The van der Waals surface area contributed by atoms with E-state index in [9.17, 15) is 14.7 Å². The van der Waals surface area contributed by atoms with Crippen molar-refractivity contribution in [2.24, 2.45) is 11.8 Å². The standard InChI is InChI=1S/C24H33N3O3/c1-15-21-12-17-4-5-18(28)13-19(17)24(15,9-11-27(21)14-16-2-3-16)8-10-25-23(30)20-6-7-22(29)26-20/h4-5,13,15-16,20-21,28H,2-3,6-12,14H2,1H3,(H,25,30)(H,26,29)/t15-,20-,21+,24+/m0/s1. The molecule has 2 heterocycles. The van der Waals surface area contributed by atoms with Gasteiger partial charge in [-0.2, -0.15) is 0 Å². The van der Waals surface area contributed by atoms with Crippen LogP contribution in [0.3, 0.4) is 0 Å². The monoisotopic (exact) mass is 411 g/mol. The number of piperidine rings is 1. The first-order valence-corrected chi connectivity index (χ1v) is 11.6. The predicted octanol–water partition coefficient (Wildman–Crippen LogP) is 2.09. The second-order valence-corrected chi connectivity index (χ2v) is 9.95. The number of nitrogens with one attached hydrogen (secondary N) is 2. The van der Waals surface area contributed by atoms with Crippen LogP contribution in [0.2, 0.25) is 0 Å². The minimum Gasteiger partial charge on any atom is -0.508 e. The second-order valence-electron chi connectivity index (χ2n) is 9.95. The van der Waals surface area contributed by atoms with Gasteiger partial charge in [0.1, 0.15) is 11.8 Å². The van der Waals surface area contributed by atoms with Gasteiger partial charge < -0.3 is 15.7 Å². The number of rotatable bonds is 6. The van der Waals surface area contributed by atoms with Crippen molar-refractivity contribution in [3.63, 3.8) is 0 Å². The number of carbonyl (C=O) groups is 2. The number of amides is 2. The van der Waals surface area contributed by atoms with E-state index in [1.165, 1.54) is 30.5 Å². The molecule has 4 atom stereocenters. The van der Waals surface area contributed by atoms with Crippen molar-refractivity contribution in [2.45, 2.75) is 69.4 Å². The molecule has 6 nitrogen and oxygen atoms in total. The summed E-state index contributed by atoms with van der Waals surface area (Å²) >= 11 is 0. The highest BCUT2D eigenvalue weighted by Gasteiger charge is 2.51. The number of phenols is 1. The third-order valence-corrected chi connectivity index (χ3v) is 8.19. The van der Waals surface area contributed by atoms with E-state index >= 15 is 0 Å². The summed E-state index contributed by atoms with van der Waals surface area (Å²) in [5, 5.41) is 16.1. The maximum absolute atomic E-state index is 12.5. The molecule has 3 N–H and O–H groups in total. The molecule has 1 aromatic carbocycles. The Morgan fingerprint density at radius 2 is 2.17 bits per heavy atom. The SMILES string of the molecule is C[C@H]1[C@H]2Cc3ccc(O)cc3[C@]1(CCNC(=O)[C@@H]1CCC(=O)N1)CCN2CC1CC1. The maximum Gasteiger partial charge on any atom is 0.242 e. The van der Waals surface area contributed by atoms with Crippen molar-refractivity contribution in [3.8, 4) is 5.75 Å². The summed E-state index contributed by atoms with van der Waals surface area (Å²) in [6, 6.07) is 6.03. The quantitative estimate of drug-likeness (QED) is 0.670. The van der Waals surface area contributed by atoms with E-state index in [-0.39, 0.29) is 23.3 Å². The first kappa shape index (κ1) is 19.9. The van der Waals surface area contributed by atoms with Crippen molar-refractivity contribution in [3.05, 3.63) is 29.3 Å². The third kappa shape index (κ3) is 3.49. The van der Waals surface area contributed by atoms with Crippen LogP contribution in [0.5, 0.6) is 5.75 Å². The number of benzene rings is 1. The Bertz CT molecular complexity index is 852. The van der Waals surface area contributed by atoms with Gasteiger partial charge in [0.25, 0.3) is 0 Å². The molecule has 2 aliphatic carbocycles. The smallest absolute Gasteiger partial charge is 0.242 e. The Labute approximate surface area is 178 Å². The van der Waals surface area contributed by atoms with Gasteiger partial charge in [0.05, 0.1) is 0 Å². The van der Waals surface area contributed by atoms with Crippen LogP contribution in [-0.2, 0) is 21.4 Å². The second kappa shape index (κ2) is 7.56. The van der Waals surface area contributed by atoms with Crippen molar-refractivity contribution in [2.75, 3.05) is 19.6 Å². The molecule has 2 bridgehead atoms. The fourth-order valence-corrected chi connectivity index (χ4v) is 6.23. The Hall–Kier alpha value is -2.08. The van der Waals surface area contributed by atoms with Gasteiger partial charge in [-0.05, 0) is 80.2 Å². The van der Waals surface area contributed by atoms with E-state index in [2.05, 4.69) is 28.5 Å². The van der Waals surface area contributed by atoms with Crippen LogP contribution in [0, 0.1) is 11.8 Å². The highest BCUT2D eigenvalue weighted by Crippen LogP contribution is 2.52. The molecule has 2 aliphatic heterocycles. The molecule has 1 aromatic rings. The zero-order chi connectivity index (χ0) is 20.9. The topological polar surface area (TPSA) is 81.7 Å². The van der Waals surface area contributed by atoms with Gasteiger partial charge in [-0.1, -0.05) is 13.0 Å². The van der Waals surface area contributed by atoms with E-state index in [0.29, 0.717) is 37.1 Å². The molecule has 5 rings (SSSR count).